The fourth-order valence-electron chi connectivity index (χ4n) is 7.69. The van der Waals surface area contributed by atoms with Crippen molar-refractivity contribution in [3.05, 3.63) is 0 Å². The first kappa shape index (κ1) is 15.5. The second-order valence-corrected chi connectivity index (χ2v) is 9.52. The quantitative estimate of drug-likeness (QED) is 0.533. The molecule has 0 spiro atoms. The molecule has 8 unspecified atom stereocenters. The van der Waals surface area contributed by atoms with Gasteiger partial charge in [-0.2, -0.15) is 0 Å². The number of hydrogen-bond donors (Lipinski definition) is 0. The predicted molar refractivity (Wildman–Crippen MR) is 94.7 cm³/mol. The zero-order valence-electron chi connectivity index (χ0n) is 15.1. The van der Waals surface area contributed by atoms with Gasteiger partial charge in [0, 0.05) is 0 Å². The molecule has 0 bridgehead atoms. The van der Waals surface area contributed by atoms with Crippen LogP contribution in [0.4, 0.5) is 0 Å². The first-order chi connectivity index (χ1) is 10.8. The van der Waals surface area contributed by atoms with Crippen LogP contribution < -0.4 is 0 Å². The maximum absolute atomic E-state index is 2.57. The van der Waals surface area contributed by atoms with Crippen molar-refractivity contribution < 1.29 is 0 Å². The lowest BCUT2D eigenvalue weighted by Gasteiger charge is -2.58. The van der Waals surface area contributed by atoms with Crippen LogP contribution in [-0.2, 0) is 0 Å². The molecule has 0 nitrogen and oxygen atoms in total. The molecule has 126 valence electrons. The Morgan fingerprint density at radius 1 is 0.727 bits per heavy atom. The molecular weight excluding hydrogens is 264 g/mol. The van der Waals surface area contributed by atoms with Gasteiger partial charge < -0.3 is 0 Å². The minimum absolute atomic E-state index is 0.982. The molecule has 4 aliphatic carbocycles. The molecule has 0 aliphatic heterocycles. The molecule has 4 aliphatic rings. The average molecular weight is 303 g/mol. The predicted octanol–water partition coefficient (Wildman–Crippen LogP) is 6.69. The van der Waals surface area contributed by atoms with Crippen molar-refractivity contribution in [1.29, 1.82) is 0 Å². The van der Waals surface area contributed by atoms with Gasteiger partial charge in [0.2, 0.25) is 0 Å². The molecular formula is C22H38. The second kappa shape index (κ2) is 6.48. The van der Waals surface area contributed by atoms with E-state index >= 15 is 0 Å². The van der Waals surface area contributed by atoms with Gasteiger partial charge in [0.05, 0.1) is 0 Å². The normalized spacial score (nSPS) is 49.6. The summed E-state index contributed by atoms with van der Waals surface area (Å²) in [6, 6.07) is 0. The minimum atomic E-state index is 0.982. The van der Waals surface area contributed by atoms with Gasteiger partial charge in [-0.3, -0.25) is 0 Å². The van der Waals surface area contributed by atoms with Crippen LogP contribution in [0.15, 0.2) is 0 Å². The summed E-state index contributed by atoms with van der Waals surface area (Å²) in [5.41, 5.74) is 0. The van der Waals surface area contributed by atoms with E-state index < -0.39 is 0 Å². The number of rotatable bonds is 2. The van der Waals surface area contributed by atoms with Gasteiger partial charge in [-0.15, -0.1) is 0 Å². The van der Waals surface area contributed by atoms with Crippen molar-refractivity contribution in [1.82, 2.24) is 0 Å². The van der Waals surface area contributed by atoms with E-state index in [4.69, 9.17) is 0 Å². The van der Waals surface area contributed by atoms with E-state index in [0.717, 1.165) is 47.3 Å². The van der Waals surface area contributed by atoms with Gasteiger partial charge in [-0.05, 0) is 85.9 Å². The zero-order chi connectivity index (χ0) is 15.1. The summed E-state index contributed by atoms with van der Waals surface area (Å²) >= 11 is 0. The van der Waals surface area contributed by atoms with Crippen molar-refractivity contribution in [3.63, 3.8) is 0 Å². The Morgan fingerprint density at radius 2 is 1.36 bits per heavy atom. The van der Waals surface area contributed by atoms with Crippen LogP contribution in [0.2, 0.25) is 0 Å². The molecule has 8 atom stereocenters. The van der Waals surface area contributed by atoms with Crippen LogP contribution >= 0.6 is 0 Å². The summed E-state index contributed by atoms with van der Waals surface area (Å²) in [7, 11) is 0. The Balaban J connectivity index is 1.60. The van der Waals surface area contributed by atoms with Gasteiger partial charge in [0.15, 0.2) is 0 Å². The number of fused-ring (bicyclic) bond motifs is 5. The molecule has 4 saturated carbocycles. The monoisotopic (exact) mass is 302 g/mol. The van der Waals surface area contributed by atoms with Gasteiger partial charge in [-0.1, -0.05) is 52.4 Å². The molecule has 0 amide bonds. The largest absolute Gasteiger partial charge is 0.0651 e. The van der Waals surface area contributed by atoms with Gasteiger partial charge >= 0.3 is 0 Å². The van der Waals surface area contributed by atoms with Crippen LogP contribution in [-0.4, -0.2) is 0 Å². The highest BCUT2D eigenvalue weighted by atomic mass is 14.6. The summed E-state index contributed by atoms with van der Waals surface area (Å²) < 4.78 is 0. The molecule has 0 radical (unpaired) electrons. The third-order valence-electron chi connectivity index (χ3n) is 8.78. The summed E-state index contributed by atoms with van der Waals surface area (Å²) in [4.78, 5) is 0. The fraction of sp³-hybridized carbons (Fsp3) is 1.00. The van der Waals surface area contributed by atoms with Gasteiger partial charge in [0.1, 0.15) is 0 Å². The van der Waals surface area contributed by atoms with E-state index in [9.17, 15) is 0 Å². The van der Waals surface area contributed by atoms with E-state index in [0.29, 0.717) is 0 Å². The third-order valence-corrected chi connectivity index (χ3v) is 8.78. The second-order valence-electron chi connectivity index (χ2n) is 9.52. The maximum atomic E-state index is 2.57. The Hall–Kier alpha value is 0. The van der Waals surface area contributed by atoms with Crippen LogP contribution in [0.25, 0.3) is 0 Å². The zero-order valence-corrected chi connectivity index (χ0v) is 15.1. The van der Waals surface area contributed by atoms with Crippen molar-refractivity contribution in [2.75, 3.05) is 0 Å². The molecule has 22 heavy (non-hydrogen) atoms. The molecule has 0 heterocycles. The van der Waals surface area contributed by atoms with Crippen LogP contribution in [0.1, 0.15) is 90.9 Å². The molecule has 4 fully saturated rings. The molecule has 0 aromatic carbocycles. The lowest BCUT2D eigenvalue weighted by Crippen LogP contribution is -2.50. The highest BCUT2D eigenvalue weighted by molar-refractivity contribution is 5.01. The Morgan fingerprint density at radius 3 is 2.14 bits per heavy atom. The first-order valence-corrected chi connectivity index (χ1v) is 10.8. The lowest BCUT2D eigenvalue weighted by molar-refractivity contribution is -0.0870. The third kappa shape index (κ3) is 2.57. The summed E-state index contributed by atoms with van der Waals surface area (Å²) in [6.45, 7) is 5.01. The van der Waals surface area contributed by atoms with E-state index in [1.807, 2.05) is 0 Å². The molecule has 0 aromatic heterocycles. The molecule has 4 rings (SSSR count). The Labute approximate surface area is 138 Å². The topological polar surface area (TPSA) is 0 Å². The fourth-order valence-corrected chi connectivity index (χ4v) is 7.69. The van der Waals surface area contributed by atoms with Crippen LogP contribution in [0, 0.1) is 47.3 Å². The SMILES string of the molecule is CCC(C)C1CC2CCC3CCCCC3C2C2CCCCC12. The first-order valence-electron chi connectivity index (χ1n) is 10.8. The Kier molecular flexibility index (Phi) is 4.57. The highest BCUT2D eigenvalue weighted by Crippen LogP contribution is 2.60. The Bertz CT molecular complexity index is 372. The summed E-state index contributed by atoms with van der Waals surface area (Å²) in [6.07, 6.45) is 18.8. The molecule has 0 saturated heterocycles. The van der Waals surface area contributed by atoms with Crippen molar-refractivity contribution in [2.45, 2.75) is 90.9 Å². The van der Waals surface area contributed by atoms with Crippen molar-refractivity contribution >= 4 is 0 Å². The minimum Gasteiger partial charge on any atom is -0.0651 e. The van der Waals surface area contributed by atoms with E-state index in [-0.39, 0.29) is 0 Å². The maximum Gasteiger partial charge on any atom is -0.0324 e. The molecule has 0 heteroatoms. The summed E-state index contributed by atoms with van der Waals surface area (Å²) in [5.74, 6) is 8.88. The van der Waals surface area contributed by atoms with Crippen molar-refractivity contribution in [3.8, 4) is 0 Å². The molecule has 0 aromatic rings. The highest BCUT2D eigenvalue weighted by Gasteiger charge is 2.51. The number of hydrogen-bond acceptors (Lipinski definition) is 0. The lowest BCUT2D eigenvalue weighted by atomic mass is 9.47. The van der Waals surface area contributed by atoms with Crippen LogP contribution in [0.3, 0.4) is 0 Å². The summed E-state index contributed by atoms with van der Waals surface area (Å²) in [5, 5.41) is 0. The molecule has 0 N–H and O–H groups in total. The van der Waals surface area contributed by atoms with Gasteiger partial charge in [0.25, 0.3) is 0 Å². The van der Waals surface area contributed by atoms with E-state index in [1.165, 1.54) is 6.42 Å². The smallest absolute Gasteiger partial charge is 0.0324 e. The average Bonchev–Trinajstić information content (AvgIpc) is 2.59. The standard InChI is InChI=1S/C22H38/c1-3-15(2)21-14-17-13-12-16-8-4-5-9-18(16)22(17)20-11-7-6-10-19(20)21/h15-22H,3-14H2,1-2H3. The van der Waals surface area contributed by atoms with E-state index in [2.05, 4.69) is 13.8 Å². The van der Waals surface area contributed by atoms with Crippen molar-refractivity contribution in [2.24, 2.45) is 47.3 Å². The van der Waals surface area contributed by atoms with Gasteiger partial charge in [-0.25, -0.2) is 0 Å². The van der Waals surface area contributed by atoms with Crippen LogP contribution in [0.5, 0.6) is 0 Å². The van der Waals surface area contributed by atoms with E-state index in [1.54, 1.807) is 70.6 Å².